The first kappa shape index (κ1) is 18.9. The van der Waals surface area contributed by atoms with Gasteiger partial charge in [0.2, 0.25) is 5.91 Å². The van der Waals surface area contributed by atoms with Crippen LogP contribution in [0.25, 0.3) is 11.3 Å². The van der Waals surface area contributed by atoms with Crippen molar-refractivity contribution in [2.24, 2.45) is 0 Å². The first-order chi connectivity index (χ1) is 14.6. The van der Waals surface area contributed by atoms with Crippen LogP contribution in [0.1, 0.15) is 41.5 Å². The topological polar surface area (TPSA) is 70.7 Å². The number of likely N-dealkylation sites (tertiary alicyclic amines) is 1. The number of benzene rings is 2. The summed E-state index contributed by atoms with van der Waals surface area (Å²) >= 11 is 0. The van der Waals surface area contributed by atoms with Crippen LogP contribution in [0.5, 0.6) is 0 Å². The molecule has 3 heterocycles. The third-order valence-electron chi connectivity index (χ3n) is 5.97. The number of nitrogens with zero attached hydrogens (tertiary/aromatic N) is 1. The highest BCUT2D eigenvalue weighted by Crippen LogP contribution is 2.42. The molecular formula is C24H25N3O3. The van der Waals surface area contributed by atoms with Crippen LogP contribution in [0.2, 0.25) is 0 Å². The molecule has 0 aliphatic carbocycles. The summed E-state index contributed by atoms with van der Waals surface area (Å²) < 4.78 is 5.95. The SMILES string of the molecule is Cc1ccc2c(c1)/C(=C1\OCc3cc(NC(=O)CN4CCCCC4)ccc31)C(=O)N2. The van der Waals surface area contributed by atoms with E-state index in [1.165, 1.54) is 6.42 Å². The second kappa shape index (κ2) is 7.61. The quantitative estimate of drug-likeness (QED) is 0.766. The molecule has 0 saturated carbocycles. The number of amides is 2. The normalized spacial score (nSPS) is 20.4. The van der Waals surface area contributed by atoms with Crippen molar-refractivity contribution in [3.05, 3.63) is 58.7 Å². The summed E-state index contributed by atoms with van der Waals surface area (Å²) in [6.07, 6.45) is 3.58. The number of carbonyl (C=O) groups is 2. The fourth-order valence-electron chi connectivity index (χ4n) is 4.47. The van der Waals surface area contributed by atoms with Gasteiger partial charge in [0.05, 0.1) is 12.1 Å². The van der Waals surface area contributed by atoms with Crippen molar-refractivity contribution < 1.29 is 14.3 Å². The average Bonchev–Trinajstić information content (AvgIpc) is 3.27. The number of piperidine rings is 1. The monoisotopic (exact) mass is 403 g/mol. The van der Waals surface area contributed by atoms with E-state index in [1.807, 2.05) is 43.3 Å². The molecule has 2 N–H and O–H groups in total. The van der Waals surface area contributed by atoms with Crippen LogP contribution in [-0.4, -0.2) is 36.3 Å². The maximum absolute atomic E-state index is 12.6. The lowest BCUT2D eigenvalue weighted by Crippen LogP contribution is -2.36. The fraction of sp³-hybridized carbons (Fsp3) is 0.333. The maximum atomic E-state index is 12.6. The van der Waals surface area contributed by atoms with Gasteiger partial charge >= 0.3 is 0 Å². The van der Waals surface area contributed by atoms with Gasteiger partial charge in [-0.05, 0) is 63.2 Å². The predicted molar refractivity (Wildman–Crippen MR) is 117 cm³/mol. The molecule has 1 saturated heterocycles. The first-order valence-electron chi connectivity index (χ1n) is 10.5. The molecule has 2 aromatic rings. The molecule has 3 aliphatic rings. The summed E-state index contributed by atoms with van der Waals surface area (Å²) in [5.41, 5.74) is 6.00. The molecule has 0 bridgehead atoms. The number of carbonyl (C=O) groups excluding carboxylic acids is 2. The molecule has 1 fully saturated rings. The molecule has 2 amide bonds. The summed E-state index contributed by atoms with van der Waals surface area (Å²) in [5.74, 6) is 0.476. The highest BCUT2D eigenvalue weighted by Gasteiger charge is 2.32. The molecule has 0 radical (unpaired) electrons. The van der Waals surface area contributed by atoms with E-state index in [0.29, 0.717) is 24.5 Å². The molecule has 0 atom stereocenters. The molecule has 2 aromatic carbocycles. The molecule has 3 aliphatic heterocycles. The summed E-state index contributed by atoms with van der Waals surface area (Å²) in [4.78, 5) is 27.3. The fourth-order valence-corrected chi connectivity index (χ4v) is 4.47. The van der Waals surface area contributed by atoms with Crippen molar-refractivity contribution in [3.8, 4) is 0 Å². The Morgan fingerprint density at radius 1 is 1.10 bits per heavy atom. The zero-order valence-electron chi connectivity index (χ0n) is 17.1. The van der Waals surface area contributed by atoms with Gasteiger partial charge in [0, 0.05) is 28.1 Å². The van der Waals surface area contributed by atoms with E-state index in [1.54, 1.807) is 0 Å². The lowest BCUT2D eigenvalue weighted by Gasteiger charge is -2.25. The van der Waals surface area contributed by atoms with E-state index in [4.69, 9.17) is 4.74 Å². The van der Waals surface area contributed by atoms with E-state index in [0.717, 1.165) is 59.6 Å². The van der Waals surface area contributed by atoms with Gasteiger partial charge < -0.3 is 15.4 Å². The Morgan fingerprint density at radius 2 is 1.93 bits per heavy atom. The second-order valence-corrected chi connectivity index (χ2v) is 8.25. The van der Waals surface area contributed by atoms with Crippen molar-refractivity contribution in [2.75, 3.05) is 30.3 Å². The molecule has 6 heteroatoms. The van der Waals surface area contributed by atoms with Crippen molar-refractivity contribution in [1.29, 1.82) is 0 Å². The third-order valence-corrected chi connectivity index (χ3v) is 5.97. The Bertz CT molecular complexity index is 1070. The van der Waals surface area contributed by atoms with E-state index < -0.39 is 0 Å². The van der Waals surface area contributed by atoms with Gasteiger partial charge in [-0.2, -0.15) is 0 Å². The molecule has 5 rings (SSSR count). The van der Waals surface area contributed by atoms with Crippen molar-refractivity contribution >= 4 is 34.5 Å². The summed E-state index contributed by atoms with van der Waals surface area (Å²) in [6.45, 7) is 4.81. The first-order valence-corrected chi connectivity index (χ1v) is 10.5. The number of aryl methyl sites for hydroxylation is 1. The van der Waals surface area contributed by atoms with Crippen molar-refractivity contribution in [3.63, 3.8) is 0 Å². The third kappa shape index (κ3) is 3.48. The van der Waals surface area contributed by atoms with Gasteiger partial charge in [0.15, 0.2) is 0 Å². The van der Waals surface area contributed by atoms with Crippen molar-refractivity contribution in [2.45, 2.75) is 32.8 Å². The van der Waals surface area contributed by atoms with Crippen LogP contribution in [-0.2, 0) is 20.9 Å². The van der Waals surface area contributed by atoms with E-state index in [9.17, 15) is 9.59 Å². The number of fused-ring (bicyclic) bond motifs is 2. The molecule has 0 spiro atoms. The summed E-state index contributed by atoms with van der Waals surface area (Å²) in [5, 5.41) is 5.92. The number of rotatable bonds is 3. The highest BCUT2D eigenvalue weighted by molar-refractivity contribution is 6.36. The molecule has 0 unspecified atom stereocenters. The zero-order valence-corrected chi connectivity index (χ0v) is 17.1. The van der Waals surface area contributed by atoms with Crippen LogP contribution < -0.4 is 10.6 Å². The van der Waals surface area contributed by atoms with E-state index in [2.05, 4.69) is 15.5 Å². The Morgan fingerprint density at radius 3 is 2.77 bits per heavy atom. The standard InChI is InChI=1S/C24H25N3O3/c1-15-5-8-20-19(11-15)22(24(29)26-20)23-18-7-6-17(12-16(18)14-30-23)25-21(28)13-27-9-3-2-4-10-27/h5-8,11-12H,2-4,9-10,13-14H2,1H3,(H,25,28)(H,26,29)/b23-22+. The minimum absolute atomic E-state index is 0.00826. The Balaban J connectivity index is 1.38. The average molecular weight is 403 g/mol. The number of nitrogens with one attached hydrogen (secondary N) is 2. The van der Waals surface area contributed by atoms with E-state index >= 15 is 0 Å². The molecule has 30 heavy (non-hydrogen) atoms. The zero-order chi connectivity index (χ0) is 20.7. The molecular weight excluding hydrogens is 378 g/mol. The van der Waals surface area contributed by atoms with Gasteiger partial charge in [-0.1, -0.05) is 18.1 Å². The summed E-state index contributed by atoms with van der Waals surface area (Å²) in [7, 11) is 0. The van der Waals surface area contributed by atoms with Gasteiger partial charge in [0.25, 0.3) is 5.91 Å². The van der Waals surface area contributed by atoms with Crippen LogP contribution in [0.3, 0.4) is 0 Å². The maximum Gasteiger partial charge on any atom is 0.260 e. The second-order valence-electron chi connectivity index (χ2n) is 8.25. The van der Waals surface area contributed by atoms with Gasteiger partial charge in [-0.15, -0.1) is 0 Å². The van der Waals surface area contributed by atoms with Gasteiger partial charge in [-0.25, -0.2) is 0 Å². The molecule has 6 nitrogen and oxygen atoms in total. The number of hydrogen-bond acceptors (Lipinski definition) is 4. The minimum atomic E-state index is -0.141. The largest absolute Gasteiger partial charge is 0.487 e. The van der Waals surface area contributed by atoms with Gasteiger partial charge in [0.1, 0.15) is 12.4 Å². The lowest BCUT2D eigenvalue weighted by molar-refractivity contribution is -0.117. The van der Waals surface area contributed by atoms with Crippen LogP contribution in [0.4, 0.5) is 11.4 Å². The predicted octanol–water partition coefficient (Wildman–Crippen LogP) is 3.77. The van der Waals surface area contributed by atoms with Crippen LogP contribution in [0.15, 0.2) is 36.4 Å². The Labute approximate surface area is 175 Å². The smallest absolute Gasteiger partial charge is 0.260 e. The molecule has 0 aromatic heterocycles. The number of hydrogen-bond donors (Lipinski definition) is 2. The highest BCUT2D eigenvalue weighted by atomic mass is 16.5. The minimum Gasteiger partial charge on any atom is -0.487 e. The van der Waals surface area contributed by atoms with Crippen LogP contribution in [0, 0.1) is 6.92 Å². The van der Waals surface area contributed by atoms with Crippen molar-refractivity contribution in [1.82, 2.24) is 4.90 Å². The Hall–Kier alpha value is -3.12. The van der Waals surface area contributed by atoms with E-state index in [-0.39, 0.29) is 11.8 Å². The van der Waals surface area contributed by atoms with Gasteiger partial charge in [-0.3, -0.25) is 14.5 Å². The number of ether oxygens (including phenoxy) is 1. The van der Waals surface area contributed by atoms with Crippen LogP contribution >= 0.6 is 0 Å². The summed E-state index contributed by atoms with van der Waals surface area (Å²) in [6, 6.07) is 11.7. The lowest BCUT2D eigenvalue weighted by atomic mass is 9.99. The Kier molecular flexibility index (Phi) is 4.79. The number of anilines is 2. The molecule has 154 valence electrons.